The molecule has 3 heterocycles. The summed E-state index contributed by atoms with van der Waals surface area (Å²) >= 11 is 6.59. The first-order valence-corrected chi connectivity index (χ1v) is 9.85. The Morgan fingerprint density at radius 2 is 1.93 bits per heavy atom. The van der Waals surface area contributed by atoms with Crippen molar-refractivity contribution in [2.24, 2.45) is 0 Å². The zero-order valence-electron chi connectivity index (χ0n) is 16.2. The fraction of sp³-hybridized carbons (Fsp3) is 0.182. The second-order valence-corrected chi connectivity index (χ2v) is 6.95. The summed E-state index contributed by atoms with van der Waals surface area (Å²) in [5.74, 6) is 0.508. The Morgan fingerprint density at radius 3 is 2.62 bits per heavy atom. The molecule has 0 atom stereocenters. The third-order valence-electron chi connectivity index (χ3n) is 4.73. The topological polar surface area (TPSA) is 72.7 Å². The molecule has 0 bridgehead atoms. The summed E-state index contributed by atoms with van der Waals surface area (Å²) in [6.07, 6.45) is 5.24. The molecule has 0 spiro atoms. The fourth-order valence-electron chi connectivity index (χ4n) is 3.34. The summed E-state index contributed by atoms with van der Waals surface area (Å²) in [4.78, 5) is 26.2. The van der Waals surface area contributed by atoms with Crippen LogP contribution in [0.3, 0.4) is 0 Å². The summed E-state index contributed by atoms with van der Waals surface area (Å²) in [5.41, 5.74) is 3.61. The van der Waals surface area contributed by atoms with Gasteiger partial charge in [-0.25, -0.2) is 4.98 Å². The number of halogens is 1. The molecule has 0 saturated carbocycles. The van der Waals surface area contributed by atoms with Gasteiger partial charge < -0.3 is 5.32 Å². The van der Waals surface area contributed by atoms with Gasteiger partial charge >= 0.3 is 0 Å². The van der Waals surface area contributed by atoms with Gasteiger partial charge in [0.25, 0.3) is 5.56 Å². The van der Waals surface area contributed by atoms with Crippen LogP contribution in [0.2, 0.25) is 5.02 Å². The molecule has 0 aliphatic rings. The van der Waals surface area contributed by atoms with Crippen molar-refractivity contribution < 1.29 is 0 Å². The smallest absolute Gasteiger partial charge is 0.260 e. The molecule has 4 aromatic rings. The van der Waals surface area contributed by atoms with Gasteiger partial charge in [-0.2, -0.15) is 4.98 Å². The van der Waals surface area contributed by atoms with E-state index < -0.39 is 0 Å². The predicted octanol–water partition coefficient (Wildman–Crippen LogP) is 4.63. The molecule has 0 fully saturated rings. The highest BCUT2D eigenvalue weighted by molar-refractivity contribution is 6.33. The average Bonchev–Trinajstić information content (AvgIpc) is 2.74. The maximum atomic E-state index is 13.2. The summed E-state index contributed by atoms with van der Waals surface area (Å²) in [6.45, 7) is 5.10. The lowest BCUT2D eigenvalue weighted by Gasteiger charge is -2.13. The molecule has 1 N–H and O–H groups in total. The van der Waals surface area contributed by atoms with Crippen LogP contribution in [0.1, 0.15) is 13.8 Å². The van der Waals surface area contributed by atoms with Crippen molar-refractivity contribution in [3.05, 3.63) is 70.4 Å². The summed E-state index contributed by atoms with van der Waals surface area (Å²) in [5, 5.41) is 4.38. The maximum Gasteiger partial charge on any atom is 0.260 e. The van der Waals surface area contributed by atoms with Crippen LogP contribution in [0.25, 0.3) is 33.3 Å². The third-order valence-corrected chi connectivity index (χ3v) is 5.04. The summed E-state index contributed by atoms with van der Waals surface area (Å²) in [7, 11) is 0. The number of nitrogens with zero attached hydrogens (tertiary/aromatic N) is 4. The molecular weight excluding hydrogens is 386 g/mol. The van der Waals surface area contributed by atoms with Crippen LogP contribution in [0.4, 0.5) is 5.95 Å². The van der Waals surface area contributed by atoms with Gasteiger partial charge in [0.05, 0.1) is 0 Å². The number of rotatable bonds is 5. The lowest BCUT2D eigenvalue weighted by atomic mass is 10.0. The zero-order valence-corrected chi connectivity index (χ0v) is 16.9. The van der Waals surface area contributed by atoms with Crippen molar-refractivity contribution in [1.82, 2.24) is 19.5 Å². The Balaban J connectivity index is 1.87. The van der Waals surface area contributed by atoms with Crippen LogP contribution in [-0.2, 0) is 6.54 Å². The van der Waals surface area contributed by atoms with E-state index in [1.807, 2.05) is 50.2 Å². The maximum absolute atomic E-state index is 13.2. The standard InChI is InChI=1S/C22H20ClN5O/c1-3-25-22-26-13-16-10-18(21(29)28(4-2)20(16)27-22)17-8-7-14(11-19(17)23)15-6-5-9-24-12-15/h5-13H,3-4H2,1-2H3,(H,25,26,27). The van der Waals surface area contributed by atoms with Gasteiger partial charge in [0.15, 0.2) is 0 Å². The number of aromatic nitrogens is 4. The van der Waals surface area contributed by atoms with Crippen molar-refractivity contribution in [1.29, 1.82) is 0 Å². The number of benzene rings is 1. The molecule has 6 nitrogen and oxygen atoms in total. The number of pyridine rings is 2. The molecule has 0 aliphatic carbocycles. The van der Waals surface area contributed by atoms with Crippen molar-refractivity contribution in [2.45, 2.75) is 20.4 Å². The minimum atomic E-state index is -0.128. The van der Waals surface area contributed by atoms with E-state index in [2.05, 4.69) is 20.3 Å². The minimum absolute atomic E-state index is 0.128. The lowest BCUT2D eigenvalue weighted by Crippen LogP contribution is -2.22. The van der Waals surface area contributed by atoms with Crippen molar-refractivity contribution in [2.75, 3.05) is 11.9 Å². The molecule has 1 aromatic carbocycles. The number of aryl methyl sites for hydroxylation is 1. The number of hydrogen-bond donors (Lipinski definition) is 1. The Bertz CT molecular complexity index is 1240. The molecule has 0 radical (unpaired) electrons. The molecule has 0 amide bonds. The largest absolute Gasteiger partial charge is 0.354 e. The highest BCUT2D eigenvalue weighted by Gasteiger charge is 2.15. The van der Waals surface area contributed by atoms with Crippen LogP contribution >= 0.6 is 11.6 Å². The first-order chi connectivity index (χ1) is 14.1. The van der Waals surface area contributed by atoms with E-state index in [-0.39, 0.29) is 5.56 Å². The summed E-state index contributed by atoms with van der Waals surface area (Å²) < 4.78 is 1.65. The van der Waals surface area contributed by atoms with Crippen molar-refractivity contribution in [3.8, 4) is 22.3 Å². The average molecular weight is 406 g/mol. The second-order valence-electron chi connectivity index (χ2n) is 6.55. The summed E-state index contributed by atoms with van der Waals surface area (Å²) in [6, 6.07) is 11.3. The molecule has 146 valence electrons. The Labute approximate surface area is 173 Å². The number of nitrogens with one attached hydrogen (secondary N) is 1. The van der Waals surface area contributed by atoms with Gasteiger partial charge in [-0.15, -0.1) is 0 Å². The van der Waals surface area contributed by atoms with E-state index in [0.29, 0.717) is 40.8 Å². The van der Waals surface area contributed by atoms with E-state index >= 15 is 0 Å². The highest BCUT2D eigenvalue weighted by atomic mass is 35.5. The van der Waals surface area contributed by atoms with Gasteiger partial charge in [0.1, 0.15) is 5.65 Å². The van der Waals surface area contributed by atoms with E-state index in [4.69, 9.17) is 11.6 Å². The van der Waals surface area contributed by atoms with E-state index in [1.54, 1.807) is 23.2 Å². The molecule has 0 unspecified atom stereocenters. The molecule has 7 heteroatoms. The SMILES string of the molecule is CCNc1ncc2cc(-c3ccc(-c4cccnc4)cc3Cl)c(=O)n(CC)c2n1. The Morgan fingerprint density at radius 1 is 1.07 bits per heavy atom. The fourth-order valence-corrected chi connectivity index (χ4v) is 3.62. The predicted molar refractivity (Wildman–Crippen MR) is 117 cm³/mol. The van der Waals surface area contributed by atoms with Crippen LogP contribution in [0.5, 0.6) is 0 Å². The molecule has 0 aliphatic heterocycles. The molecule has 4 rings (SSSR count). The highest BCUT2D eigenvalue weighted by Crippen LogP contribution is 2.31. The first-order valence-electron chi connectivity index (χ1n) is 9.47. The van der Waals surface area contributed by atoms with Gasteiger partial charge in [-0.1, -0.05) is 29.8 Å². The van der Waals surface area contributed by atoms with E-state index in [0.717, 1.165) is 16.5 Å². The monoisotopic (exact) mass is 405 g/mol. The van der Waals surface area contributed by atoms with Crippen LogP contribution in [0, 0.1) is 0 Å². The van der Waals surface area contributed by atoms with E-state index in [9.17, 15) is 4.79 Å². The van der Waals surface area contributed by atoms with Crippen molar-refractivity contribution >= 4 is 28.6 Å². The van der Waals surface area contributed by atoms with Crippen LogP contribution < -0.4 is 10.9 Å². The third kappa shape index (κ3) is 3.59. The number of fused-ring (bicyclic) bond motifs is 1. The van der Waals surface area contributed by atoms with Gasteiger partial charge in [0, 0.05) is 58.8 Å². The van der Waals surface area contributed by atoms with Gasteiger partial charge in [-0.3, -0.25) is 14.3 Å². The quantitative estimate of drug-likeness (QED) is 0.524. The van der Waals surface area contributed by atoms with Crippen LogP contribution in [-0.4, -0.2) is 26.1 Å². The van der Waals surface area contributed by atoms with Gasteiger partial charge in [0.2, 0.25) is 5.95 Å². The Hall–Kier alpha value is -3.25. The molecule has 29 heavy (non-hydrogen) atoms. The molecule has 0 saturated heterocycles. The lowest BCUT2D eigenvalue weighted by molar-refractivity contribution is 0.750. The molecular formula is C22H20ClN5O. The number of anilines is 1. The normalized spacial score (nSPS) is 11.0. The number of hydrogen-bond acceptors (Lipinski definition) is 5. The minimum Gasteiger partial charge on any atom is -0.354 e. The Kier molecular flexibility index (Phi) is 5.27. The second kappa shape index (κ2) is 8.01. The van der Waals surface area contributed by atoms with Gasteiger partial charge in [-0.05, 0) is 37.6 Å². The zero-order chi connectivity index (χ0) is 20.4. The van der Waals surface area contributed by atoms with E-state index in [1.165, 1.54) is 0 Å². The molecule has 3 aromatic heterocycles. The first kappa shape index (κ1) is 19.1. The van der Waals surface area contributed by atoms with Crippen LogP contribution in [0.15, 0.2) is 59.8 Å². The van der Waals surface area contributed by atoms with Crippen molar-refractivity contribution in [3.63, 3.8) is 0 Å².